The highest BCUT2D eigenvalue weighted by molar-refractivity contribution is 9.08. The number of rotatable bonds is 3. The van der Waals surface area contributed by atoms with E-state index in [-0.39, 0.29) is 11.9 Å². The average molecular weight is 247 g/mol. The van der Waals surface area contributed by atoms with Gasteiger partial charge in [0, 0.05) is 10.9 Å². The fourth-order valence-corrected chi connectivity index (χ4v) is 1.58. The van der Waals surface area contributed by atoms with Gasteiger partial charge in [-0.05, 0) is 26.0 Å². The highest BCUT2D eigenvalue weighted by atomic mass is 79.9. The van der Waals surface area contributed by atoms with Crippen molar-refractivity contribution in [3.8, 4) is 5.75 Å². The van der Waals surface area contributed by atoms with Crippen molar-refractivity contribution in [2.24, 2.45) is 0 Å². The van der Waals surface area contributed by atoms with E-state index in [0.717, 1.165) is 0 Å². The van der Waals surface area contributed by atoms with Crippen molar-refractivity contribution in [1.29, 1.82) is 0 Å². The van der Waals surface area contributed by atoms with E-state index in [1.165, 1.54) is 6.07 Å². The summed E-state index contributed by atoms with van der Waals surface area (Å²) in [5, 5.41) is 0.474. The van der Waals surface area contributed by atoms with Crippen LogP contribution in [0.25, 0.3) is 0 Å². The molecule has 0 unspecified atom stereocenters. The van der Waals surface area contributed by atoms with Gasteiger partial charge in [-0.25, -0.2) is 4.39 Å². The van der Waals surface area contributed by atoms with E-state index in [4.69, 9.17) is 4.74 Å². The van der Waals surface area contributed by atoms with E-state index in [0.29, 0.717) is 16.6 Å². The highest BCUT2D eigenvalue weighted by Gasteiger charge is 2.08. The van der Waals surface area contributed by atoms with Gasteiger partial charge in [0.1, 0.15) is 11.6 Å². The Hall–Kier alpha value is -0.570. The Kier molecular flexibility index (Phi) is 3.72. The minimum atomic E-state index is -0.227. The van der Waals surface area contributed by atoms with Crippen LogP contribution in [0.3, 0.4) is 0 Å². The van der Waals surface area contributed by atoms with Gasteiger partial charge in [-0.2, -0.15) is 0 Å². The standard InChI is InChI=1S/C10H12BrFO/c1-7(2)13-10-5-3-4-9(12)8(10)6-11/h3-5,7H,6H2,1-2H3. The Labute approximate surface area is 86.0 Å². The average Bonchev–Trinajstić information content (AvgIpc) is 2.03. The fourth-order valence-electron chi connectivity index (χ4n) is 1.03. The lowest BCUT2D eigenvalue weighted by atomic mass is 10.2. The summed E-state index contributed by atoms with van der Waals surface area (Å²) >= 11 is 3.23. The van der Waals surface area contributed by atoms with Crippen LogP contribution in [-0.4, -0.2) is 6.10 Å². The molecular formula is C10H12BrFO. The number of halogens is 2. The molecule has 1 nitrogen and oxygen atoms in total. The Morgan fingerprint density at radius 1 is 1.46 bits per heavy atom. The Morgan fingerprint density at radius 2 is 2.15 bits per heavy atom. The predicted octanol–water partition coefficient (Wildman–Crippen LogP) is 3.51. The van der Waals surface area contributed by atoms with Gasteiger partial charge in [-0.3, -0.25) is 0 Å². The van der Waals surface area contributed by atoms with E-state index >= 15 is 0 Å². The monoisotopic (exact) mass is 246 g/mol. The molecule has 0 saturated carbocycles. The molecule has 0 heterocycles. The molecule has 0 aromatic heterocycles. The normalized spacial score (nSPS) is 10.5. The molecule has 0 radical (unpaired) electrons. The first-order valence-electron chi connectivity index (χ1n) is 4.15. The molecule has 0 spiro atoms. The predicted molar refractivity (Wildman–Crippen MR) is 54.8 cm³/mol. The zero-order valence-corrected chi connectivity index (χ0v) is 9.27. The summed E-state index contributed by atoms with van der Waals surface area (Å²) in [6.07, 6.45) is 0.0691. The van der Waals surface area contributed by atoms with Gasteiger partial charge >= 0.3 is 0 Å². The maximum Gasteiger partial charge on any atom is 0.130 e. The summed E-state index contributed by atoms with van der Waals surface area (Å²) in [5.74, 6) is 0.391. The highest BCUT2D eigenvalue weighted by Crippen LogP contribution is 2.24. The number of benzene rings is 1. The van der Waals surface area contributed by atoms with Gasteiger partial charge in [-0.15, -0.1) is 0 Å². The number of hydrogen-bond acceptors (Lipinski definition) is 1. The van der Waals surface area contributed by atoms with Crippen molar-refractivity contribution in [3.63, 3.8) is 0 Å². The molecule has 1 aromatic carbocycles. The van der Waals surface area contributed by atoms with Crippen LogP contribution in [0, 0.1) is 5.82 Å². The van der Waals surface area contributed by atoms with Crippen LogP contribution in [0.2, 0.25) is 0 Å². The number of alkyl halides is 1. The van der Waals surface area contributed by atoms with Gasteiger partial charge in [0.15, 0.2) is 0 Å². The molecule has 0 saturated heterocycles. The van der Waals surface area contributed by atoms with Gasteiger partial charge < -0.3 is 4.74 Å². The van der Waals surface area contributed by atoms with Crippen molar-refractivity contribution in [1.82, 2.24) is 0 Å². The van der Waals surface area contributed by atoms with Crippen LogP contribution in [0.5, 0.6) is 5.75 Å². The van der Waals surface area contributed by atoms with Crippen molar-refractivity contribution in [2.45, 2.75) is 25.3 Å². The quantitative estimate of drug-likeness (QED) is 0.742. The second-order valence-corrected chi connectivity index (χ2v) is 3.58. The molecule has 0 aliphatic carbocycles. The Bertz CT molecular complexity index is 286. The lowest BCUT2D eigenvalue weighted by Gasteiger charge is -2.13. The van der Waals surface area contributed by atoms with Gasteiger partial charge in [0.25, 0.3) is 0 Å². The first kappa shape index (κ1) is 10.5. The van der Waals surface area contributed by atoms with Crippen molar-refractivity contribution < 1.29 is 9.13 Å². The van der Waals surface area contributed by atoms with Crippen LogP contribution in [0.15, 0.2) is 18.2 Å². The second kappa shape index (κ2) is 4.61. The number of ether oxygens (including phenoxy) is 1. The van der Waals surface area contributed by atoms with Crippen molar-refractivity contribution in [3.05, 3.63) is 29.6 Å². The molecule has 13 heavy (non-hydrogen) atoms. The maximum atomic E-state index is 13.2. The summed E-state index contributed by atoms with van der Waals surface area (Å²) in [4.78, 5) is 0. The number of hydrogen-bond donors (Lipinski definition) is 0. The lowest BCUT2D eigenvalue weighted by Crippen LogP contribution is -2.07. The third-order valence-corrected chi connectivity index (χ3v) is 2.13. The van der Waals surface area contributed by atoms with Crippen LogP contribution < -0.4 is 4.74 Å². The third kappa shape index (κ3) is 2.69. The summed E-state index contributed by atoms with van der Waals surface area (Å²) in [5.41, 5.74) is 0.580. The molecule has 0 fully saturated rings. The van der Waals surface area contributed by atoms with E-state index in [1.54, 1.807) is 12.1 Å². The SMILES string of the molecule is CC(C)Oc1cccc(F)c1CBr. The summed E-state index contributed by atoms with van der Waals surface area (Å²) in [6, 6.07) is 4.86. The summed E-state index contributed by atoms with van der Waals surface area (Å²) < 4.78 is 18.6. The molecule has 1 aromatic rings. The van der Waals surface area contributed by atoms with Crippen LogP contribution in [0.1, 0.15) is 19.4 Å². The third-order valence-electron chi connectivity index (χ3n) is 1.57. The molecule has 0 bridgehead atoms. The lowest BCUT2D eigenvalue weighted by molar-refractivity contribution is 0.239. The first-order valence-corrected chi connectivity index (χ1v) is 5.27. The molecule has 0 N–H and O–H groups in total. The molecular weight excluding hydrogens is 235 g/mol. The molecule has 0 atom stereocenters. The molecule has 3 heteroatoms. The molecule has 72 valence electrons. The van der Waals surface area contributed by atoms with Crippen LogP contribution in [-0.2, 0) is 5.33 Å². The van der Waals surface area contributed by atoms with Crippen LogP contribution in [0.4, 0.5) is 4.39 Å². The Morgan fingerprint density at radius 3 is 2.69 bits per heavy atom. The second-order valence-electron chi connectivity index (χ2n) is 3.02. The first-order chi connectivity index (χ1) is 6.15. The zero-order chi connectivity index (χ0) is 9.84. The largest absolute Gasteiger partial charge is 0.491 e. The fraction of sp³-hybridized carbons (Fsp3) is 0.400. The van der Waals surface area contributed by atoms with Crippen molar-refractivity contribution >= 4 is 15.9 Å². The topological polar surface area (TPSA) is 9.23 Å². The van der Waals surface area contributed by atoms with Gasteiger partial charge in [0.2, 0.25) is 0 Å². The molecule has 0 aliphatic heterocycles. The van der Waals surface area contributed by atoms with E-state index in [2.05, 4.69) is 15.9 Å². The maximum absolute atomic E-state index is 13.2. The Balaban J connectivity index is 2.98. The summed E-state index contributed by atoms with van der Waals surface area (Å²) in [6.45, 7) is 3.84. The summed E-state index contributed by atoms with van der Waals surface area (Å²) in [7, 11) is 0. The van der Waals surface area contributed by atoms with Crippen LogP contribution >= 0.6 is 15.9 Å². The smallest absolute Gasteiger partial charge is 0.130 e. The minimum Gasteiger partial charge on any atom is -0.491 e. The van der Waals surface area contributed by atoms with E-state index < -0.39 is 0 Å². The van der Waals surface area contributed by atoms with E-state index in [9.17, 15) is 4.39 Å². The molecule has 0 aliphatic rings. The zero-order valence-electron chi connectivity index (χ0n) is 7.68. The van der Waals surface area contributed by atoms with E-state index in [1.807, 2.05) is 13.8 Å². The molecule has 0 amide bonds. The van der Waals surface area contributed by atoms with Gasteiger partial charge in [-0.1, -0.05) is 22.0 Å². The minimum absolute atomic E-state index is 0.0691. The van der Waals surface area contributed by atoms with Gasteiger partial charge in [0.05, 0.1) is 6.10 Å². The van der Waals surface area contributed by atoms with Crippen molar-refractivity contribution in [2.75, 3.05) is 0 Å². The molecule has 1 rings (SSSR count).